The molecule has 1 aromatic carbocycles. The summed E-state index contributed by atoms with van der Waals surface area (Å²) < 4.78 is 39.3. The third-order valence-electron chi connectivity index (χ3n) is 3.68. The van der Waals surface area contributed by atoms with Crippen LogP contribution >= 0.6 is 0 Å². The molecule has 1 saturated heterocycles. The summed E-state index contributed by atoms with van der Waals surface area (Å²) in [4.78, 5) is -0.356. The van der Waals surface area contributed by atoms with Crippen molar-refractivity contribution in [2.24, 2.45) is 5.92 Å². The maximum atomic E-state index is 13.5. The normalized spacial score (nSPS) is 18.6. The van der Waals surface area contributed by atoms with Gasteiger partial charge in [-0.15, -0.1) is 0 Å². The number of rotatable bonds is 3. The molecule has 1 N–H and O–H groups in total. The minimum atomic E-state index is -3.96. The van der Waals surface area contributed by atoms with Crippen LogP contribution in [0.1, 0.15) is 19.4 Å². The van der Waals surface area contributed by atoms with E-state index in [9.17, 15) is 17.9 Å². The van der Waals surface area contributed by atoms with Gasteiger partial charge < -0.3 is 5.11 Å². The second-order valence-electron chi connectivity index (χ2n) is 5.26. The van der Waals surface area contributed by atoms with E-state index in [1.807, 2.05) is 0 Å². The average Bonchev–Trinajstić information content (AvgIpc) is 2.34. The topological polar surface area (TPSA) is 81.4 Å². The summed E-state index contributed by atoms with van der Waals surface area (Å²) in [5, 5.41) is 19.0. The van der Waals surface area contributed by atoms with E-state index in [-0.39, 0.29) is 23.9 Å². The first-order chi connectivity index (χ1) is 9.22. The van der Waals surface area contributed by atoms with Crippen molar-refractivity contribution in [1.82, 2.24) is 4.31 Å². The van der Waals surface area contributed by atoms with Gasteiger partial charge in [0.15, 0.2) is 0 Å². The summed E-state index contributed by atoms with van der Waals surface area (Å²) in [6.07, 6.45) is 0. The van der Waals surface area contributed by atoms with Crippen LogP contribution in [0.25, 0.3) is 0 Å². The van der Waals surface area contributed by atoms with Crippen LogP contribution in [0.4, 0.5) is 4.39 Å². The molecule has 1 aliphatic rings. The van der Waals surface area contributed by atoms with Crippen molar-refractivity contribution in [3.05, 3.63) is 29.6 Å². The molecule has 0 amide bonds. The minimum Gasteiger partial charge on any atom is -0.387 e. The molecule has 20 heavy (non-hydrogen) atoms. The lowest BCUT2D eigenvalue weighted by atomic mass is 9.85. The van der Waals surface area contributed by atoms with E-state index in [4.69, 9.17) is 5.26 Å². The van der Waals surface area contributed by atoms with Gasteiger partial charge in [-0.3, -0.25) is 0 Å². The van der Waals surface area contributed by atoms with Gasteiger partial charge in [-0.25, -0.2) is 12.8 Å². The Morgan fingerprint density at radius 3 is 2.55 bits per heavy atom. The van der Waals surface area contributed by atoms with Crippen molar-refractivity contribution in [3.63, 3.8) is 0 Å². The monoisotopic (exact) mass is 298 g/mol. The van der Waals surface area contributed by atoms with Crippen LogP contribution in [0.5, 0.6) is 0 Å². The zero-order valence-corrected chi connectivity index (χ0v) is 12.0. The molecule has 7 heteroatoms. The number of sulfonamides is 1. The van der Waals surface area contributed by atoms with Gasteiger partial charge in [-0.05, 0) is 18.1 Å². The number of hydrogen-bond donors (Lipinski definition) is 1. The van der Waals surface area contributed by atoms with Crippen LogP contribution in [0.15, 0.2) is 23.1 Å². The highest BCUT2D eigenvalue weighted by atomic mass is 32.2. The Bertz CT molecular complexity index is 673. The van der Waals surface area contributed by atoms with Crippen LogP contribution in [0.3, 0.4) is 0 Å². The maximum absolute atomic E-state index is 13.5. The lowest BCUT2D eigenvalue weighted by Crippen LogP contribution is -2.65. The second kappa shape index (κ2) is 4.81. The number of nitrogens with zero attached hydrogens (tertiary/aromatic N) is 2. The molecule has 0 aliphatic carbocycles. The molecule has 0 spiro atoms. The van der Waals surface area contributed by atoms with Gasteiger partial charge in [0.25, 0.3) is 0 Å². The van der Waals surface area contributed by atoms with E-state index in [1.54, 1.807) is 19.9 Å². The van der Waals surface area contributed by atoms with Gasteiger partial charge in [0.1, 0.15) is 22.3 Å². The Balaban J connectivity index is 2.36. The summed E-state index contributed by atoms with van der Waals surface area (Å²) in [7, 11) is -3.96. The zero-order chi connectivity index (χ0) is 15.1. The fourth-order valence-electron chi connectivity index (χ4n) is 2.07. The summed E-state index contributed by atoms with van der Waals surface area (Å²) >= 11 is 0. The smallest absolute Gasteiger partial charge is 0.244 e. The van der Waals surface area contributed by atoms with Crippen LogP contribution in [0.2, 0.25) is 0 Å². The van der Waals surface area contributed by atoms with Gasteiger partial charge >= 0.3 is 0 Å². The van der Waals surface area contributed by atoms with Gasteiger partial charge in [-0.2, -0.15) is 9.57 Å². The summed E-state index contributed by atoms with van der Waals surface area (Å²) in [5.41, 5.74) is -1.56. The highest BCUT2D eigenvalue weighted by Gasteiger charge is 2.49. The third-order valence-corrected chi connectivity index (χ3v) is 5.51. The molecule has 1 fully saturated rings. The number of β-amino-alcohol motifs (C(OH)–C–C–N with tert-alkyl or cyclic N) is 1. The molecule has 0 bridgehead atoms. The standard InChI is InChI=1S/C13H15FN2O3S/c1-9(2)13(17)7-16(8-13)20(18,19)12-5-3-4-11(14)10(12)6-15/h3-5,9,17H,7-8H2,1-2H3. The first-order valence-electron chi connectivity index (χ1n) is 6.13. The molecule has 5 nitrogen and oxygen atoms in total. The average molecular weight is 298 g/mol. The lowest BCUT2D eigenvalue weighted by Gasteiger charge is -2.47. The Labute approximate surface area is 117 Å². The number of halogens is 1. The minimum absolute atomic E-state index is 0.0472. The van der Waals surface area contributed by atoms with E-state index < -0.39 is 27.0 Å². The largest absolute Gasteiger partial charge is 0.387 e. The Morgan fingerprint density at radius 2 is 2.05 bits per heavy atom. The van der Waals surface area contributed by atoms with Crippen molar-refractivity contribution in [2.75, 3.05) is 13.1 Å². The molecule has 1 aliphatic heterocycles. The number of aliphatic hydroxyl groups is 1. The third kappa shape index (κ3) is 2.20. The highest BCUT2D eigenvalue weighted by Crippen LogP contribution is 2.34. The van der Waals surface area contributed by atoms with Gasteiger partial charge in [0, 0.05) is 13.1 Å². The lowest BCUT2D eigenvalue weighted by molar-refractivity contribution is -0.0932. The predicted octanol–water partition coefficient (Wildman–Crippen LogP) is 1.09. The Hall–Kier alpha value is -1.49. The number of nitriles is 1. The molecule has 0 saturated carbocycles. The Kier molecular flexibility index (Phi) is 3.58. The van der Waals surface area contributed by atoms with Crippen molar-refractivity contribution in [3.8, 4) is 6.07 Å². The summed E-state index contributed by atoms with van der Waals surface area (Å²) in [6.45, 7) is 3.50. The van der Waals surface area contributed by atoms with Gasteiger partial charge in [0.2, 0.25) is 10.0 Å². The van der Waals surface area contributed by atoms with Crippen molar-refractivity contribution in [1.29, 1.82) is 5.26 Å². The van der Waals surface area contributed by atoms with Crippen molar-refractivity contribution in [2.45, 2.75) is 24.3 Å². The fraction of sp³-hybridized carbons (Fsp3) is 0.462. The predicted molar refractivity (Wildman–Crippen MR) is 69.7 cm³/mol. The summed E-state index contributed by atoms with van der Waals surface area (Å²) in [5.74, 6) is -0.954. The van der Waals surface area contributed by atoms with E-state index in [0.717, 1.165) is 10.4 Å². The maximum Gasteiger partial charge on any atom is 0.244 e. The molecule has 2 rings (SSSR count). The first-order valence-corrected chi connectivity index (χ1v) is 7.57. The van der Waals surface area contributed by atoms with Gasteiger partial charge in [0.05, 0.1) is 5.60 Å². The molecule has 0 atom stereocenters. The quantitative estimate of drug-likeness (QED) is 0.905. The van der Waals surface area contributed by atoms with Crippen LogP contribution < -0.4 is 0 Å². The fourth-order valence-corrected chi connectivity index (χ4v) is 3.78. The first kappa shape index (κ1) is 14.9. The molecule has 1 aromatic rings. The Morgan fingerprint density at radius 1 is 1.45 bits per heavy atom. The second-order valence-corrected chi connectivity index (χ2v) is 7.16. The van der Waals surface area contributed by atoms with E-state index >= 15 is 0 Å². The zero-order valence-electron chi connectivity index (χ0n) is 11.2. The highest BCUT2D eigenvalue weighted by molar-refractivity contribution is 7.89. The van der Waals surface area contributed by atoms with E-state index in [2.05, 4.69) is 0 Å². The molecule has 108 valence electrons. The van der Waals surface area contributed by atoms with Crippen LogP contribution in [-0.2, 0) is 10.0 Å². The SMILES string of the molecule is CC(C)C1(O)CN(S(=O)(=O)c2cccc(F)c2C#N)C1. The van der Waals surface area contributed by atoms with E-state index in [1.165, 1.54) is 12.1 Å². The summed E-state index contributed by atoms with van der Waals surface area (Å²) in [6, 6.07) is 5.06. The molecular weight excluding hydrogens is 283 g/mol. The molecule has 0 unspecified atom stereocenters. The van der Waals surface area contributed by atoms with E-state index in [0.29, 0.717) is 0 Å². The number of hydrogen-bond acceptors (Lipinski definition) is 4. The van der Waals surface area contributed by atoms with Crippen molar-refractivity contribution < 1.29 is 17.9 Å². The molecular formula is C13H15FN2O3S. The van der Waals surface area contributed by atoms with Crippen LogP contribution in [0, 0.1) is 23.1 Å². The van der Waals surface area contributed by atoms with Crippen molar-refractivity contribution >= 4 is 10.0 Å². The number of benzene rings is 1. The molecule has 0 radical (unpaired) electrons. The van der Waals surface area contributed by atoms with Crippen LogP contribution in [-0.4, -0.2) is 36.5 Å². The molecule has 0 aromatic heterocycles. The molecule has 1 heterocycles. The van der Waals surface area contributed by atoms with Gasteiger partial charge in [-0.1, -0.05) is 19.9 Å².